The van der Waals surface area contributed by atoms with E-state index in [1.165, 1.54) is 18.4 Å². The number of likely N-dealkylation sites (tertiary alicyclic amines) is 1. The number of β-amino-alcohol motifs (C(OH)–C–C–N with tert-alkyl or cyclic N) is 1. The molecular weight excluding hydrogens is 238 g/mol. The highest BCUT2D eigenvalue weighted by atomic mass is 16.5. The predicted octanol–water partition coefficient (Wildman–Crippen LogP) is 2.45. The molecule has 1 N–H and O–H groups in total. The van der Waals surface area contributed by atoms with Crippen LogP contribution in [0.3, 0.4) is 0 Å². The van der Waals surface area contributed by atoms with Gasteiger partial charge in [0.05, 0.1) is 0 Å². The van der Waals surface area contributed by atoms with Crippen molar-refractivity contribution in [3.05, 3.63) is 28.8 Å². The van der Waals surface area contributed by atoms with Crippen LogP contribution in [0.1, 0.15) is 29.5 Å². The highest BCUT2D eigenvalue weighted by molar-refractivity contribution is 5.42. The molecule has 0 bridgehead atoms. The number of ether oxygens (including phenoxy) is 1. The van der Waals surface area contributed by atoms with Crippen LogP contribution in [0.5, 0.6) is 5.75 Å². The third-order valence-corrected chi connectivity index (χ3v) is 3.69. The van der Waals surface area contributed by atoms with Gasteiger partial charge in [-0.25, -0.2) is 0 Å². The Kier molecular flexibility index (Phi) is 4.83. The summed E-state index contributed by atoms with van der Waals surface area (Å²) in [6.07, 6.45) is 2.10. The van der Waals surface area contributed by atoms with E-state index in [2.05, 4.69) is 37.8 Å². The maximum Gasteiger partial charge on any atom is 0.125 e. The molecule has 1 atom stereocenters. The van der Waals surface area contributed by atoms with Gasteiger partial charge in [0.15, 0.2) is 0 Å². The number of aliphatic hydroxyl groups is 1. The van der Waals surface area contributed by atoms with Gasteiger partial charge in [-0.2, -0.15) is 0 Å². The van der Waals surface area contributed by atoms with Crippen LogP contribution < -0.4 is 4.74 Å². The van der Waals surface area contributed by atoms with E-state index < -0.39 is 6.10 Å². The van der Waals surface area contributed by atoms with Crippen LogP contribution in [0, 0.1) is 20.8 Å². The van der Waals surface area contributed by atoms with Crippen LogP contribution in [-0.4, -0.2) is 42.4 Å². The fourth-order valence-electron chi connectivity index (χ4n) is 2.89. The van der Waals surface area contributed by atoms with E-state index in [9.17, 15) is 5.11 Å². The Morgan fingerprint density at radius 1 is 1.16 bits per heavy atom. The number of aryl methyl sites for hydroxylation is 3. The summed E-state index contributed by atoms with van der Waals surface area (Å²) >= 11 is 0. The Balaban J connectivity index is 1.87. The zero-order valence-electron chi connectivity index (χ0n) is 12.3. The molecule has 0 saturated carbocycles. The van der Waals surface area contributed by atoms with E-state index in [1.54, 1.807) is 0 Å². The average Bonchev–Trinajstić information content (AvgIpc) is 2.80. The van der Waals surface area contributed by atoms with Gasteiger partial charge in [-0.3, -0.25) is 0 Å². The highest BCUT2D eigenvalue weighted by Gasteiger charge is 2.16. The number of aliphatic hydroxyl groups excluding tert-OH is 1. The lowest BCUT2D eigenvalue weighted by atomic mass is 10.1. The van der Waals surface area contributed by atoms with Crippen molar-refractivity contribution in [3.8, 4) is 5.75 Å². The Bertz CT molecular complexity index is 402. The van der Waals surface area contributed by atoms with Crippen molar-refractivity contribution in [1.82, 2.24) is 4.90 Å². The minimum absolute atomic E-state index is 0.376. The van der Waals surface area contributed by atoms with E-state index in [0.717, 1.165) is 36.5 Å². The van der Waals surface area contributed by atoms with Crippen LogP contribution >= 0.6 is 0 Å². The van der Waals surface area contributed by atoms with E-state index in [0.29, 0.717) is 6.61 Å². The Morgan fingerprint density at radius 3 is 2.32 bits per heavy atom. The van der Waals surface area contributed by atoms with Crippen LogP contribution in [0.25, 0.3) is 0 Å². The van der Waals surface area contributed by atoms with Gasteiger partial charge in [0.2, 0.25) is 0 Å². The molecule has 0 spiro atoms. The molecule has 1 aromatic rings. The molecule has 19 heavy (non-hydrogen) atoms. The average molecular weight is 263 g/mol. The van der Waals surface area contributed by atoms with E-state index in [4.69, 9.17) is 4.74 Å². The van der Waals surface area contributed by atoms with Gasteiger partial charge in [0.1, 0.15) is 18.5 Å². The van der Waals surface area contributed by atoms with Crippen molar-refractivity contribution in [3.63, 3.8) is 0 Å². The van der Waals surface area contributed by atoms with Crippen molar-refractivity contribution >= 4 is 0 Å². The Hall–Kier alpha value is -1.06. The molecule has 1 saturated heterocycles. The van der Waals surface area contributed by atoms with Gasteiger partial charge in [-0.05, 0) is 57.8 Å². The summed E-state index contributed by atoms with van der Waals surface area (Å²) in [6, 6.07) is 4.24. The lowest BCUT2D eigenvalue weighted by Crippen LogP contribution is -2.33. The van der Waals surface area contributed by atoms with E-state index in [-0.39, 0.29) is 0 Å². The number of hydrogen-bond acceptors (Lipinski definition) is 3. The summed E-state index contributed by atoms with van der Waals surface area (Å²) in [6.45, 7) is 9.53. The number of hydrogen-bond donors (Lipinski definition) is 1. The molecule has 106 valence electrons. The number of rotatable bonds is 5. The first kappa shape index (κ1) is 14.4. The second-order valence-corrected chi connectivity index (χ2v) is 5.70. The minimum Gasteiger partial charge on any atom is -0.490 e. The van der Waals surface area contributed by atoms with Crippen molar-refractivity contribution in [1.29, 1.82) is 0 Å². The van der Waals surface area contributed by atoms with Gasteiger partial charge < -0.3 is 14.7 Å². The first-order valence-electron chi connectivity index (χ1n) is 7.17. The molecule has 0 radical (unpaired) electrons. The second-order valence-electron chi connectivity index (χ2n) is 5.70. The summed E-state index contributed by atoms with van der Waals surface area (Å²) in [7, 11) is 0. The molecule has 3 heteroatoms. The summed E-state index contributed by atoms with van der Waals surface area (Å²) in [5.74, 6) is 0.922. The summed E-state index contributed by atoms with van der Waals surface area (Å²) in [4.78, 5) is 2.31. The lowest BCUT2D eigenvalue weighted by Gasteiger charge is -2.20. The Morgan fingerprint density at radius 2 is 1.74 bits per heavy atom. The highest BCUT2D eigenvalue weighted by Crippen LogP contribution is 2.24. The molecule has 0 aromatic heterocycles. The molecule has 3 nitrogen and oxygen atoms in total. The maximum atomic E-state index is 10.0. The molecule has 1 aromatic carbocycles. The second kappa shape index (κ2) is 6.40. The van der Waals surface area contributed by atoms with Crippen LogP contribution in [0.4, 0.5) is 0 Å². The third kappa shape index (κ3) is 3.95. The molecule has 2 rings (SSSR count). The zero-order chi connectivity index (χ0) is 13.8. The fourth-order valence-corrected chi connectivity index (χ4v) is 2.89. The van der Waals surface area contributed by atoms with Gasteiger partial charge in [0, 0.05) is 6.54 Å². The summed E-state index contributed by atoms with van der Waals surface area (Å²) in [5.41, 5.74) is 3.54. The maximum absolute atomic E-state index is 10.0. The van der Waals surface area contributed by atoms with Gasteiger partial charge in [0.25, 0.3) is 0 Å². The van der Waals surface area contributed by atoms with Crippen molar-refractivity contribution in [2.45, 2.75) is 39.7 Å². The number of nitrogens with zero attached hydrogens (tertiary/aromatic N) is 1. The molecule has 1 heterocycles. The minimum atomic E-state index is -0.404. The molecular formula is C16H25NO2. The summed E-state index contributed by atoms with van der Waals surface area (Å²) < 4.78 is 5.82. The quantitative estimate of drug-likeness (QED) is 0.885. The van der Waals surface area contributed by atoms with Gasteiger partial charge in [-0.1, -0.05) is 17.7 Å². The molecule has 1 unspecified atom stereocenters. The lowest BCUT2D eigenvalue weighted by molar-refractivity contribution is 0.0753. The van der Waals surface area contributed by atoms with E-state index >= 15 is 0 Å². The third-order valence-electron chi connectivity index (χ3n) is 3.69. The van der Waals surface area contributed by atoms with Crippen LogP contribution in [0.2, 0.25) is 0 Å². The Labute approximate surface area is 116 Å². The van der Waals surface area contributed by atoms with Crippen molar-refractivity contribution in [2.75, 3.05) is 26.2 Å². The first-order valence-corrected chi connectivity index (χ1v) is 7.17. The predicted molar refractivity (Wildman–Crippen MR) is 77.8 cm³/mol. The van der Waals surface area contributed by atoms with Crippen LogP contribution in [-0.2, 0) is 0 Å². The van der Waals surface area contributed by atoms with E-state index in [1.807, 2.05) is 0 Å². The smallest absolute Gasteiger partial charge is 0.125 e. The van der Waals surface area contributed by atoms with Crippen molar-refractivity contribution < 1.29 is 9.84 Å². The topological polar surface area (TPSA) is 32.7 Å². The van der Waals surface area contributed by atoms with Gasteiger partial charge >= 0.3 is 0 Å². The van der Waals surface area contributed by atoms with Gasteiger partial charge in [-0.15, -0.1) is 0 Å². The monoisotopic (exact) mass is 263 g/mol. The van der Waals surface area contributed by atoms with Crippen LogP contribution in [0.15, 0.2) is 12.1 Å². The normalized spacial score (nSPS) is 17.7. The standard InChI is InChI=1S/C16H25NO2/c1-12-8-13(2)16(14(3)9-12)19-11-15(18)10-17-6-4-5-7-17/h8-9,15,18H,4-7,10-11H2,1-3H3. The zero-order valence-corrected chi connectivity index (χ0v) is 12.3. The molecule has 0 amide bonds. The largest absolute Gasteiger partial charge is 0.490 e. The number of benzene rings is 1. The molecule has 1 aliphatic rings. The first-order chi connectivity index (χ1) is 9.06. The summed E-state index contributed by atoms with van der Waals surface area (Å²) in [5, 5.41) is 10.0. The fraction of sp³-hybridized carbons (Fsp3) is 0.625. The molecule has 1 fully saturated rings. The SMILES string of the molecule is Cc1cc(C)c(OCC(O)CN2CCCC2)c(C)c1. The van der Waals surface area contributed by atoms with Crippen molar-refractivity contribution in [2.24, 2.45) is 0 Å². The molecule has 0 aliphatic carbocycles. The molecule has 1 aliphatic heterocycles.